The molecule has 0 aromatic rings. The van der Waals surface area contributed by atoms with Crippen LogP contribution in [-0.2, 0) is 19.1 Å². The number of nitrogens with one attached hydrogen (secondary N) is 2. The minimum Gasteiger partial charge on any atom is -0.480 e. The van der Waals surface area contributed by atoms with E-state index in [1.807, 2.05) is 0 Å². The highest BCUT2D eigenvalue weighted by Gasteiger charge is 2.23. The Kier molecular flexibility index (Phi) is 12.6. The summed E-state index contributed by atoms with van der Waals surface area (Å²) in [4.78, 5) is 44.9. The number of alkyl carbamates (subject to hydrolysis) is 2. The molecule has 0 saturated heterocycles. The van der Waals surface area contributed by atoms with Gasteiger partial charge in [-0.3, -0.25) is 0 Å². The van der Waals surface area contributed by atoms with Crippen molar-refractivity contribution in [2.75, 3.05) is 24.7 Å². The Bertz CT molecular complexity index is 483. The van der Waals surface area contributed by atoms with E-state index in [1.165, 1.54) is 12.2 Å². The van der Waals surface area contributed by atoms with Crippen molar-refractivity contribution in [1.29, 1.82) is 0 Å². The standard InChI is InChI=1S/C14H20N2O8S2/c1-3-5-23-13(21)15-9(11(17)18)7-25-26-8-10(12(19)20)16-14(22)24-6-4-2/h3-4,9-10H,1-2,5-8H2,(H,15,21)(H,16,22)(H,17,18)(H,19,20)/t9-,10-/m0/s1. The largest absolute Gasteiger partial charge is 0.480 e. The highest BCUT2D eigenvalue weighted by atomic mass is 33.1. The van der Waals surface area contributed by atoms with Crippen LogP contribution in [0, 0.1) is 0 Å². The van der Waals surface area contributed by atoms with Gasteiger partial charge < -0.3 is 30.3 Å². The summed E-state index contributed by atoms with van der Waals surface area (Å²) in [6.45, 7) is 6.59. The van der Waals surface area contributed by atoms with Crippen molar-refractivity contribution in [3.63, 3.8) is 0 Å². The second-order valence-corrected chi connectivity index (χ2v) is 6.97. The Labute approximate surface area is 157 Å². The number of carboxylic acids is 2. The number of carbonyl (C=O) groups excluding carboxylic acids is 2. The molecule has 0 radical (unpaired) electrons. The number of carbonyl (C=O) groups is 4. The lowest BCUT2D eigenvalue weighted by Crippen LogP contribution is -2.43. The summed E-state index contributed by atoms with van der Waals surface area (Å²) in [7, 11) is 2.04. The Balaban J connectivity index is 4.33. The zero-order chi connectivity index (χ0) is 19.9. The summed E-state index contributed by atoms with van der Waals surface area (Å²) in [6, 6.07) is -2.45. The number of carboxylic acid groups (broad SMARTS) is 2. The zero-order valence-electron chi connectivity index (χ0n) is 13.7. The van der Waals surface area contributed by atoms with Crippen LogP contribution in [-0.4, -0.2) is 71.1 Å². The Morgan fingerprint density at radius 3 is 1.46 bits per heavy atom. The van der Waals surface area contributed by atoms with Crippen LogP contribution in [0.25, 0.3) is 0 Å². The van der Waals surface area contributed by atoms with E-state index >= 15 is 0 Å². The fourth-order valence-corrected chi connectivity index (χ4v) is 3.53. The average Bonchev–Trinajstić information content (AvgIpc) is 2.59. The van der Waals surface area contributed by atoms with Crippen LogP contribution in [0.15, 0.2) is 25.3 Å². The predicted molar refractivity (Wildman–Crippen MR) is 97.1 cm³/mol. The van der Waals surface area contributed by atoms with Gasteiger partial charge in [-0.05, 0) is 0 Å². The third-order valence-electron chi connectivity index (χ3n) is 2.40. The van der Waals surface area contributed by atoms with Crippen molar-refractivity contribution >= 4 is 45.7 Å². The molecule has 2 amide bonds. The second-order valence-electron chi connectivity index (χ2n) is 4.41. The van der Waals surface area contributed by atoms with Crippen LogP contribution >= 0.6 is 21.6 Å². The molecule has 26 heavy (non-hydrogen) atoms. The van der Waals surface area contributed by atoms with Gasteiger partial charge in [0.1, 0.15) is 25.3 Å². The molecule has 0 aromatic carbocycles. The molecule has 2 atom stereocenters. The van der Waals surface area contributed by atoms with Crippen molar-refractivity contribution in [3.05, 3.63) is 25.3 Å². The maximum Gasteiger partial charge on any atom is 0.408 e. The normalized spacial score (nSPS) is 12.2. The molecule has 0 rings (SSSR count). The zero-order valence-corrected chi connectivity index (χ0v) is 15.3. The number of rotatable bonds is 13. The predicted octanol–water partition coefficient (Wildman–Crippen LogP) is 1.10. The lowest BCUT2D eigenvalue weighted by molar-refractivity contribution is -0.139. The van der Waals surface area contributed by atoms with Gasteiger partial charge in [-0.15, -0.1) is 0 Å². The number of hydrogen-bond donors (Lipinski definition) is 4. The molecule has 0 bridgehead atoms. The maximum absolute atomic E-state index is 11.3. The molecule has 0 fully saturated rings. The van der Waals surface area contributed by atoms with E-state index in [-0.39, 0.29) is 24.7 Å². The molecule has 10 nitrogen and oxygen atoms in total. The maximum atomic E-state index is 11.3. The summed E-state index contributed by atoms with van der Waals surface area (Å²) in [5.41, 5.74) is 0. The van der Waals surface area contributed by atoms with E-state index in [1.54, 1.807) is 0 Å². The summed E-state index contributed by atoms with van der Waals surface area (Å²) in [6.07, 6.45) is 0.855. The van der Waals surface area contributed by atoms with E-state index in [4.69, 9.17) is 10.2 Å². The first-order valence-electron chi connectivity index (χ1n) is 7.10. The fraction of sp³-hybridized carbons (Fsp3) is 0.429. The summed E-state index contributed by atoms with van der Waals surface area (Å²) >= 11 is 0. The van der Waals surface area contributed by atoms with Crippen molar-refractivity contribution in [3.8, 4) is 0 Å². The molecule has 0 aliphatic heterocycles. The quantitative estimate of drug-likeness (QED) is 0.198. The van der Waals surface area contributed by atoms with E-state index in [0.29, 0.717) is 0 Å². The first kappa shape index (κ1) is 23.7. The molecule has 0 spiro atoms. The van der Waals surface area contributed by atoms with Gasteiger partial charge in [-0.1, -0.05) is 46.9 Å². The molecule has 0 heterocycles. The van der Waals surface area contributed by atoms with E-state index in [0.717, 1.165) is 21.6 Å². The first-order valence-corrected chi connectivity index (χ1v) is 9.59. The van der Waals surface area contributed by atoms with Gasteiger partial charge in [0.15, 0.2) is 0 Å². The van der Waals surface area contributed by atoms with Gasteiger partial charge >= 0.3 is 24.1 Å². The molecular formula is C14H20N2O8S2. The van der Waals surface area contributed by atoms with Crippen LogP contribution < -0.4 is 10.6 Å². The van der Waals surface area contributed by atoms with Crippen LogP contribution in [0.2, 0.25) is 0 Å². The van der Waals surface area contributed by atoms with Gasteiger partial charge in [0.2, 0.25) is 0 Å². The molecule has 146 valence electrons. The van der Waals surface area contributed by atoms with Crippen LogP contribution in [0.3, 0.4) is 0 Å². The Morgan fingerprint density at radius 2 is 1.19 bits per heavy atom. The van der Waals surface area contributed by atoms with Crippen molar-refractivity contribution in [2.45, 2.75) is 12.1 Å². The van der Waals surface area contributed by atoms with E-state index in [9.17, 15) is 19.2 Å². The fourth-order valence-electron chi connectivity index (χ4n) is 1.22. The number of aliphatic carboxylic acids is 2. The van der Waals surface area contributed by atoms with Crippen molar-refractivity contribution < 1.29 is 38.9 Å². The van der Waals surface area contributed by atoms with Crippen LogP contribution in [0.4, 0.5) is 9.59 Å². The topological polar surface area (TPSA) is 151 Å². The van der Waals surface area contributed by atoms with Gasteiger partial charge in [-0.2, -0.15) is 0 Å². The van der Waals surface area contributed by atoms with Crippen LogP contribution in [0.1, 0.15) is 0 Å². The monoisotopic (exact) mass is 408 g/mol. The van der Waals surface area contributed by atoms with Crippen molar-refractivity contribution in [2.24, 2.45) is 0 Å². The van der Waals surface area contributed by atoms with Gasteiger partial charge in [0, 0.05) is 11.5 Å². The second kappa shape index (κ2) is 13.9. The summed E-state index contributed by atoms with van der Waals surface area (Å²) in [5.74, 6) is -2.63. The lowest BCUT2D eigenvalue weighted by Gasteiger charge is -2.15. The van der Waals surface area contributed by atoms with Gasteiger partial charge in [0.05, 0.1) is 0 Å². The lowest BCUT2D eigenvalue weighted by atomic mass is 10.3. The Morgan fingerprint density at radius 1 is 0.846 bits per heavy atom. The minimum atomic E-state index is -1.27. The van der Waals surface area contributed by atoms with Gasteiger partial charge in [0.25, 0.3) is 0 Å². The third-order valence-corrected chi connectivity index (χ3v) is 4.82. The molecule has 0 unspecified atom stereocenters. The molecule has 0 saturated carbocycles. The molecule has 0 aliphatic rings. The van der Waals surface area contributed by atoms with E-state index in [2.05, 4.69) is 33.3 Å². The summed E-state index contributed by atoms with van der Waals surface area (Å²) in [5, 5.41) is 22.4. The molecule has 12 heteroatoms. The summed E-state index contributed by atoms with van der Waals surface area (Å²) < 4.78 is 9.26. The minimum absolute atomic E-state index is 0.0452. The van der Waals surface area contributed by atoms with Crippen LogP contribution in [0.5, 0.6) is 0 Å². The van der Waals surface area contributed by atoms with E-state index < -0.39 is 36.2 Å². The number of hydrogen-bond acceptors (Lipinski definition) is 8. The molecule has 4 N–H and O–H groups in total. The highest BCUT2D eigenvalue weighted by molar-refractivity contribution is 8.76. The highest BCUT2D eigenvalue weighted by Crippen LogP contribution is 2.23. The Hall–Kier alpha value is -2.34. The smallest absolute Gasteiger partial charge is 0.408 e. The number of amides is 2. The molecular weight excluding hydrogens is 388 g/mol. The molecule has 0 aromatic heterocycles. The third kappa shape index (κ3) is 11.3. The van der Waals surface area contributed by atoms with Crippen molar-refractivity contribution in [1.82, 2.24) is 10.6 Å². The number of ether oxygens (including phenoxy) is 2. The average molecular weight is 408 g/mol. The first-order chi connectivity index (χ1) is 12.3. The molecule has 0 aliphatic carbocycles. The van der Waals surface area contributed by atoms with Gasteiger partial charge in [-0.25, -0.2) is 19.2 Å². The SMILES string of the molecule is C=CCOC(=O)N[C@@H](CSSC[C@H](NC(=O)OCC=C)C(=O)O)C(=O)O.